The van der Waals surface area contributed by atoms with Crippen LogP contribution in [-0.4, -0.2) is 17.0 Å². The number of aliphatic hydroxyl groups excluding tert-OH is 1. The van der Waals surface area contributed by atoms with Gasteiger partial charge in [-0.1, -0.05) is 13.3 Å². The molecule has 0 aliphatic heterocycles. The molecule has 0 aromatic rings. The van der Waals surface area contributed by atoms with Gasteiger partial charge < -0.3 is 5.11 Å². The molecule has 50 valence electrons. The van der Waals surface area contributed by atoms with E-state index >= 15 is 0 Å². The molecule has 1 nitrogen and oxygen atoms in total. The van der Waals surface area contributed by atoms with Crippen LogP contribution >= 0.6 is 12.6 Å². The normalized spacial score (nSPS) is 13.9. The molecule has 0 spiro atoms. The average molecular weight is 134 g/mol. The first kappa shape index (κ1) is 8.31. The van der Waals surface area contributed by atoms with Gasteiger partial charge in [0.15, 0.2) is 0 Å². The van der Waals surface area contributed by atoms with E-state index in [0.717, 1.165) is 19.3 Å². The fraction of sp³-hybridized carbons (Fsp3) is 1.00. The summed E-state index contributed by atoms with van der Waals surface area (Å²) in [5.74, 6) is 0. The van der Waals surface area contributed by atoms with Crippen LogP contribution in [0.5, 0.6) is 0 Å². The lowest BCUT2D eigenvalue weighted by Gasteiger charge is -2.04. The first-order chi connectivity index (χ1) is 3.81. The van der Waals surface area contributed by atoms with Gasteiger partial charge in [0.05, 0.1) is 0 Å². The van der Waals surface area contributed by atoms with Crippen molar-refractivity contribution >= 4 is 12.6 Å². The fourth-order valence-corrected chi connectivity index (χ4v) is 1.00. The topological polar surface area (TPSA) is 20.2 Å². The van der Waals surface area contributed by atoms with Gasteiger partial charge in [-0.3, -0.25) is 0 Å². The van der Waals surface area contributed by atoms with E-state index < -0.39 is 0 Å². The minimum absolute atomic E-state index is 0.272. The molecule has 0 rings (SSSR count). The molecule has 0 aromatic carbocycles. The standard InChI is InChI=1S/C6H14OS/c1-2-3-6(8)4-5-7/h6-8H,2-5H2,1H3. The van der Waals surface area contributed by atoms with E-state index in [1.54, 1.807) is 0 Å². The Morgan fingerprint density at radius 1 is 1.50 bits per heavy atom. The predicted octanol–water partition coefficient (Wildman–Crippen LogP) is 1.47. The van der Waals surface area contributed by atoms with Crippen molar-refractivity contribution < 1.29 is 5.11 Å². The summed E-state index contributed by atoms with van der Waals surface area (Å²) in [6.07, 6.45) is 3.11. The van der Waals surface area contributed by atoms with Crippen molar-refractivity contribution in [3.8, 4) is 0 Å². The van der Waals surface area contributed by atoms with Crippen molar-refractivity contribution in [2.45, 2.75) is 31.4 Å². The lowest BCUT2D eigenvalue weighted by Crippen LogP contribution is -1.99. The maximum Gasteiger partial charge on any atom is 0.0441 e. The Labute approximate surface area is 56.5 Å². The summed E-state index contributed by atoms with van der Waals surface area (Å²) in [6, 6.07) is 0. The second-order valence-corrected chi connectivity index (χ2v) is 2.69. The van der Waals surface area contributed by atoms with E-state index in [4.69, 9.17) is 5.11 Å². The molecule has 0 aliphatic rings. The predicted molar refractivity (Wildman–Crippen MR) is 39.4 cm³/mol. The Bertz CT molecular complexity index is 41.8. The molecule has 0 saturated heterocycles. The Hall–Kier alpha value is 0.310. The summed E-state index contributed by atoms with van der Waals surface area (Å²) >= 11 is 4.23. The molecule has 0 saturated carbocycles. The van der Waals surface area contributed by atoms with Crippen molar-refractivity contribution in [1.29, 1.82) is 0 Å². The van der Waals surface area contributed by atoms with Crippen LogP contribution in [0.1, 0.15) is 26.2 Å². The summed E-state index contributed by atoms with van der Waals surface area (Å²) < 4.78 is 0. The van der Waals surface area contributed by atoms with E-state index in [-0.39, 0.29) is 6.61 Å². The monoisotopic (exact) mass is 134 g/mol. The lowest BCUT2D eigenvalue weighted by atomic mass is 10.2. The Kier molecular flexibility index (Phi) is 5.66. The zero-order valence-electron chi connectivity index (χ0n) is 5.30. The quantitative estimate of drug-likeness (QED) is 0.558. The van der Waals surface area contributed by atoms with Crippen LogP contribution in [-0.2, 0) is 0 Å². The third-order valence-corrected chi connectivity index (χ3v) is 1.60. The van der Waals surface area contributed by atoms with Gasteiger partial charge in [0, 0.05) is 11.9 Å². The van der Waals surface area contributed by atoms with Crippen LogP contribution in [0.15, 0.2) is 0 Å². The van der Waals surface area contributed by atoms with Gasteiger partial charge in [-0.15, -0.1) is 0 Å². The van der Waals surface area contributed by atoms with Crippen molar-refractivity contribution in [2.75, 3.05) is 6.61 Å². The highest BCUT2D eigenvalue weighted by Gasteiger charge is 1.97. The average Bonchev–Trinajstić information content (AvgIpc) is 1.68. The highest BCUT2D eigenvalue weighted by Crippen LogP contribution is 2.07. The molecule has 0 amide bonds. The van der Waals surface area contributed by atoms with Crippen molar-refractivity contribution in [2.24, 2.45) is 0 Å². The maximum atomic E-state index is 8.41. The smallest absolute Gasteiger partial charge is 0.0441 e. The molecule has 0 aromatic heterocycles. The molecule has 1 N–H and O–H groups in total. The molecule has 8 heavy (non-hydrogen) atoms. The Morgan fingerprint density at radius 2 is 2.12 bits per heavy atom. The first-order valence-electron chi connectivity index (χ1n) is 3.10. The summed E-state index contributed by atoms with van der Waals surface area (Å²) in [4.78, 5) is 0. The maximum absolute atomic E-state index is 8.41. The van der Waals surface area contributed by atoms with E-state index in [9.17, 15) is 0 Å². The fourth-order valence-electron chi connectivity index (χ4n) is 0.627. The zero-order valence-corrected chi connectivity index (χ0v) is 6.19. The summed E-state index contributed by atoms with van der Waals surface area (Å²) in [6.45, 7) is 2.40. The van der Waals surface area contributed by atoms with Crippen LogP contribution in [0.4, 0.5) is 0 Å². The van der Waals surface area contributed by atoms with Crippen LogP contribution in [0.25, 0.3) is 0 Å². The summed E-state index contributed by atoms with van der Waals surface area (Å²) in [5.41, 5.74) is 0. The third-order valence-electron chi connectivity index (χ3n) is 1.08. The highest BCUT2D eigenvalue weighted by molar-refractivity contribution is 7.80. The van der Waals surface area contributed by atoms with Gasteiger partial charge in [-0.05, 0) is 12.8 Å². The van der Waals surface area contributed by atoms with Crippen LogP contribution < -0.4 is 0 Å². The van der Waals surface area contributed by atoms with Gasteiger partial charge >= 0.3 is 0 Å². The van der Waals surface area contributed by atoms with Crippen LogP contribution in [0.2, 0.25) is 0 Å². The third kappa shape index (κ3) is 4.47. The molecule has 0 fully saturated rings. The summed E-state index contributed by atoms with van der Waals surface area (Å²) in [7, 11) is 0. The van der Waals surface area contributed by atoms with Gasteiger partial charge in [0.25, 0.3) is 0 Å². The van der Waals surface area contributed by atoms with Crippen molar-refractivity contribution in [3.05, 3.63) is 0 Å². The van der Waals surface area contributed by atoms with Gasteiger partial charge in [-0.25, -0.2) is 0 Å². The van der Waals surface area contributed by atoms with Gasteiger partial charge in [0.1, 0.15) is 0 Å². The number of hydrogen-bond acceptors (Lipinski definition) is 2. The molecule has 0 radical (unpaired) electrons. The molecule has 0 bridgehead atoms. The second-order valence-electron chi connectivity index (χ2n) is 1.95. The van der Waals surface area contributed by atoms with E-state index in [1.165, 1.54) is 0 Å². The second kappa shape index (κ2) is 5.45. The lowest BCUT2D eigenvalue weighted by molar-refractivity contribution is 0.285. The molecule has 0 heterocycles. The highest BCUT2D eigenvalue weighted by atomic mass is 32.1. The van der Waals surface area contributed by atoms with Crippen LogP contribution in [0, 0.1) is 0 Å². The number of thiol groups is 1. The van der Waals surface area contributed by atoms with E-state index in [0.29, 0.717) is 5.25 Å². The first-order valence-corrected chi connectivity index (χ1v) is 3.61. The number of hydrogen-bond donors (Lipinski definition) is 2. The molecule has 1 atom stereocenters. The Balaban J connectivity index is 2.92. The number of aliphatic hydroxyl groups is 1. The molecule has 2 heteroatoms. The van der Waals surface area contributed by atoms with Gasteiger partial charge in [-0.2, -0.15) is 12.6 Å². The molecule has 1 unspecified atom stereocenters. The SMILES string of the molecule is CCCC(S)CCO. The number of rotatable bonds is 4. The van der Waals surface area contributed by atoms with Crippen molar-refractivity contribution in [3.63, 3.8) is 0 Å². The minimum atomic E-state index is 0.272. The van der Waals surface area contributed by atoms with E-state index in [1.807, 2.05) is 0 Å². The van der Waals surface area contributed by atoms with Crippen molar-refractivity contribution in [1.82, 2.24) is 0 Å². The molecular formula is C6H14OS. The Morgan fingerprint density at radius 3 is 2.50 bits per heavy atom. The minimum Gasteiger partial charge on any atom is -0.396 e. The van der Waals surface area contributed by atoms with Crippen LogP contribution in [0.3, 0.4) is 0 Å². The van der Waals surface area contributed by atoms with Gasteiger partial charge in [0.2, 0.25) is 0 Å². The molecule has 0 aliphatic carbocycles. The zero-order chi connectivity index (χ0) is 6.41. The largest absolute Gasteiger partial charge is 0.396 e. The van der Waals surface area contributed by atoms with E-state index in [2.05, 4.69) is 19.6 Å². The molecular weight excluding hydrogens is 120 g/mol. The summed E-state index contributed by atoms with van der Waals surface area (Å²) in [5, 5.41) is 8.82.